The molecule has 0 aromatic heterocycles. The highest BCUT2D eigenvalue weighted by Gasteiger charge is 2.04. The highest BCUT2D eigenvalue weighted by atomic mass is 127. The largest absolute Gasteiger partial charge is 0.326 e. The lowest BCUT2D eigenvalue weighted by Crippen LogP contribution is -2.11. The summed E-state index contributed by atoms with van der Waals surface area (Å²) >= 11 is 4.48. The molecule has 0 aliphatic carbocycles. The number of anilines is 2. The summed E-state index contributed by atoms with van der Waals surface area (Å²) in [5, 5.41) is 5.83. The predicted molar refractivity (Wildman–Crippen MR) is 128 cm³/mol. The Labute approximate surface area is 188 Å². The molecule has 2 aromatic carbocycles. The second-order valence-electron chi connectivity index (χ2n) is 6.38. The molecule has 0 aliphatic rings. The number of unbranched alkanes of at least 4 members (excludes halogenated alkanes) is 4. The number of hydrogen-bond acceptors (Lipinski definition) is 2. The second-order valence-corrected chi connectivity index (χ2v) is 8.87. The van der Waals surface area contributed by atoms with Crippen molar-refractivity contribution in [3.63, 3.8) is 0 Å². The Morgan fingerprint density at radius 1 is 0.593 bits per heavy atom. The van der Waals surface area contributed by atoms with E-state index in [-0.39, 0.29) is 11.8 Å². The Kier molecular flexibility index (Phi) is 10.1. The number of hydrogen-bond donors (Lipinski definition) is 2. The third-order valence-corrected chi connectivity index (χ3v) is 5.50. The molecule has 0 atom stereocenters. The van der Waals surface area contributed by atoms with Crippen LogP contribution < -0.4 is 10.6 Å². The molecule has 0 aliphatic heterocycles. The van der Waals surface area contributed by atoms with Crippen LogP contribution in [0.25, 0.3) is 0 Å². The van der Waals surface area contributed by atoms with Gasteiger partial charge in [0.1, 0.15) is 0 Å². The standard InChI is InChI=1S/C21H24I2N2O2/c22-16-8-12-18(13-9-16)24-20(26)6-4-2-1-3-5-7-21(27)25-19-14-10-17(23)11-15-19/h8-15H,1-7H2,(H,24,26)(H,25,27). The number of benzene rings is 2. The van der Waals surface area contributed by atoms with E-state index in [1.54, 1.807) is 0 Å². The molecule has 0 bridgehead atoms. The smallest absolute Gasteiger partial charge is 0.224 e. The number of halogens is 2. The lowest BCUT2D eigenvalue weighted by atomic mass is 10.1. The molecule has 0 radical (unpaired) electrons. The van der Waals surface area contributed by atoms with E-state index >= 15 is 0 Å². The van der Waals surface area contributed by atoms with E-state index in [1.807, 2.05) is 48.5 Å². The Balaban J connectivity index is 1.49. The minimum atomic E-state index is 0.0631. The minimum Gasteiger partial charge on any atom is -0.326 e. The van der Waals surface area contributed by atoms with Crippen LogP contribution in [-0.2, 0) is 9.59 Å². The average molecular weight is 590 g/mol. The van der Waals surface area contributed by atoms with Gasteiger partial charge in [-0.25, -0.2) is 0 Å². The molecule has 2 rings (SSSR count). The molecule has 0 spiro atoms. The Morgan fingerprint density at radius 3 is 1.30 bits per heavy atom. The van der Waals surface area contributed by atoms with Crippen LogP contribution in [-0.4, -0.2) is 11.8 Å². The summed E-state index contributed by atoms with van der Waals surface area (Å²) in [4.78, 5) is 23.8. The zero-order chi connectivity index (χ0) is 19.5. The van der Waals surface area contributed by atoms with E-state index in [9.17, 15) is 9.59 Å². The summed E-state index contributed by atoms with van der Waals surface area (Å²) < 4.78 is 2.30. The van der Waals surface area contributed by atoms with E-state index < -0.39 is 0 Å². The number of carbonyl (C=O) groups excluding carboxylic acids is 2. The number of carbonyl (C=O) groups is 2. The Hall–Kier alpha value is -1.16. The van der Waals surface area contributed by atoms with E-state index in [0.29, 0.717) is 12.8 Å². The van der Waals surface area contributed by atoms with Crippen LogP contribution in [0.2, 0.25) is 0 Å². The Morgan fingerprint density at radius 2 is 0.926 bits per heavy atom. The van der Waals surface area contributed by atoms with Crippen LogP contribution in [0.1, 0.15) is 44.9 Å². The number of rotatable bonds is 10. The summed E-state index contributed by atoms with van der Waals surface area (Å²) in [5.41, 5.74) is 1.69. The maximum Gasteiger partial charge on any atom is 0.224 e. The van der Waals surface area contributed by atoms with Crippen molar-refractivity contribution >= 4 is 68.4 Å². The highest BCUT2D eigenvalue weighted by Crippen LogP contribution is 2.14. The van der Waals surface area contributed by atoms with Crippen LogP contribution in [0.4, 0.5) is 11.4 Å². The first-order chi connectivity index (χ1) is 13.0. The zero-order valence-corrected chi connectivity index (χ0v) is 19.5. The first kappa shape index (κ1) is 22.1. The number of amides is 2. The second kappa shape index (κ2) is 12.3. The van der Waals surface area contributed by atoms with Gasteiger partial charge in [-0.1, -0.05) is 19.3 Å². The van der Waals surface area contributed by atoms with Gasteiger partial charge in [0.25, 0.3) is 0 Å². The molecular formula is C21H24I2N2O2. The van der Waals surface area contributed by atoms with E-state index in [0.717, 1.165) is 50.6 Å². The predicted octanol–water partition coefficient (Wildman–Crippen LogP) is 6.20. The van der Waals surface area contributed by atoms with Crippen molar-refractivity contribution < 1.29 is 9.59 Å². The van der Waals surface area contributed by atoms with Crippen LogP contribution in [0.15, 0.2) is 48.5 Å². The van der Waals surface area contributed by atoms with Crippen LogP contribution in [0.3, 0.4) is 0 Å². The maximum absolute atomic E-state index is 11.9. The lowest BCUT2D eigenvalue weighted by Gasteiger charge is -2.06. The van der Waals surface area contributed by atoms with Crippen molar-refractivity contribution in [2.75, 3.05) is 10.6 Å². The van der Waals surface area contributed by atoms with Crippen LogP contribution in [0, 0.1) is 7.14 Å². The molecule has 0 unspecified atom stereocenters. The minimum absolute atomic E-state index is 0.0631. The molecule has 6 heteroatoms. The molecule has 2 amide bonds. The fourth-order valence-corrected chi connectivity index (χ4v) is 3.33. The molecule has 2 N–H and O–H groups in total. The van der Waals surface area contributed by atoms with Gasteiger partial charge >= 0.3 is 0 Å². The molecule has 144 valence electrons. The van der Waals surface area contributed by atoms with Crippen molar-refractivity contribution in [2.45, 2.75) is 44.9 Å². The first-order valence-corrected chi connectivity index (χ1v) is 11.3. The molecular weight excluding hydrogens is 566 g/mol. The lowest BCUT2D eigenvalue weighted by molar-refractivity contribution is -0.117. The number of nitrogens with one attached hydrogen (secondary N) is 2. The third-order valence-electron chi connectivity index (χ3n) is 4.06. The van der Waals surface area contributed by atoms with E-state index in [4.69, 9.17) is 0 Å². The van der Waals surface area contributed by atoms with Gasteiger partial charge in [-0.05, 0) is 107 Å². The van der Waals surface area contributed by atoms with Gasteiger partial charge in [0.05, 0.1) is 0 Å². The van der Waals surface area contributed by atoms with Crippen LogP contribution in [0.5, 0.6) is 0 Å². The van der Waals surface area contributed by atoms with Crippen molar-refractivity contribution in [1.82, 2.24) is 0 Å². The average Bonchev–Trinajstić information content (AvgIpc) is 2.65. The zero-order valence-electron chi connectivity index (χ0n) is 15.1. The van der Waals surface area contributed by atoms with Gasteiger partial charge in [-0.3, -0.25) is 9.59 Å². The summed E-state index contributed by atoms with van der Waals surface area (Å²) in [7, 11) is 0. The van der Waals surface area contributed by atoms with Gasteiger partial charge in [0, 0.05) is 31.4 Å². The van der Waals surface area contributed by atoms with Gasteiger partial charge in [-0.2, -0.15) is 0 Å². The van der Waals surface area contributed by atoms with E-state index in [2.05, 4.69) is 55.8 Å². The van der Waals surface area contributed by atoms with Gasteiger partial charge in [0.2, 0.25) is 11.8 Å². The molecule has 2 aromatic rings. The summed E-state index contributed by atoms with van der Waals surface area (Å²) in [6.45, 7) is 0. The van der Waals surface area contributed by atoms with Crippen molar-refractivity contribution in [3.05, 3.63) is 55.7 Å². The molecule has 0 saturated carbocycles. The molecule has 0 heterocycles. The van der Waals surface area contributed by atoms with Crippen molar-refractivity contribution in [1.29, 1.82) is 0 Å². The van der Waals surface area contributed by atoms with Crippen molar-refractivity contribution in [3.8, 4) is 0 Å². The molecule has 4 nitrogen and oxygen atoms in total. The van der Waals surface area contributed by atoms with Gasteiger partial charge < -0.3 is 10.6 Å². The van der Waals surface area contributed by atoms with Crippen LogP contribution >= 0.6 is 45.2 Å². The quantitative estimate of drug-likeness (QED) is 0.256. The van der Waals surface area contributed by atoms with Crippen molar-refractivity contribution in [2.24, 2.45) is 0 Å². The normalized spacial score (nSPS) is 10.4. The fourth-order valence-electron chi connectivity index (χ4n) is 2.61. The summed E-state index contributed by atoms with van der Waals surface area (Å²) in [5.74, 6) is 0.126. The third kappa shape index (κ3) is 9.55. The Bertz CT molecular complexity index is 667. The monoisotopic (exact) mass is 590 g/mol. The van der Waals surface area contributed by atoms with Gasteiger partial charge in [-0.15, -0.1) is 0 Å². The maximum atomic E-state index is 11.9. The summed E-state index contributed by atoms with van der Waals surface area (Å²) in [6.07, 6.45) is 5.92. The van der Waals surface area contributed by atoms with E-state index in [1.165, 1.54) is 0 Å². The van der Waals surface area contributed by atoms with Gasteiger partial charge in [0.15, 0.2) is 0 Å². The first-order valence-electron chi connectivity index (χ1n) is 9.14. The topological polar surface area (TPSA) is 58.2 Å². The highest BCUT2D eigenvalue weighted by molar-refractivity contribution is 14.1. The fraction of sp³-hybridized carbons (Fsp3) is 0.333. The SMILES string of the molecule is O=C(CCCCCCCC(=O)Nc1ccc(I)cc1)Nc1ccc(I)cc1. The molecule has 27 heavy (non-hydrogen) atoms. The molecule has 0 fully saturated rings. The molecule has 0 saturated heterocycles. The summed E-state index contributed by atoms with van der Waals surface area (Å²) in [6, 6.07) is 15.6.